The number of hydrogen-bond acceptors (Lipinski definition) is 6. The van der Waals surface area contributed by atoms with E-state index in [0.29, 0.717) is 17.3 Å². The number of nitrogens with zero attached hydrogens (tertiary/aromatic N) is 2. The quantitative estimate of drug-likeness (QED) is 0.577. The van der Waals surface area contributed by atoms with E-state index in [0.717, 1.165) is 0 Å². The Hall–Kier alpha value is -2.41. The minimum absolute atomic E-state index is 0.255. The number of aromatic nitrogens is 2. The zero-order valence-corrected chi connectivity index (χ0v) is 10.6. The standard InChI is InChI=1S/C12H14FN5O/c1-7-5-11(17-12(15-7)18-14)16-10-6-8(19-2)3-4-9(10)13/h3-6H,14H2,1-2H3,(H2,15,16,17,18). The molecule has 2 aromatic rings. The van der Waals surface area contributed by atoms with Crippen LogP contribution in [-0.2, 0) is 0 Å². The second kappa shape index (κ2) is 5.49. The Morgan fingerprint density at radius 2 is 2.05 bits per heavy atom. The molecule has 0 saturated carbocycles. The fourth-order valence-corrected chi connectivity index (χ4v) is 1.56. The lowest BCUT2D eigenvalue weighted by Crippen LogP contribution is -2.12. The van der Waals surface area contributed by atoms with Gasteiger partial charge < -0.3 is 10.1 Å². The number of hydrogen-bond donors (Lipinski definition) is 3. The molecule has 0 aliphatic heterocycles. The molecule has 0 atom stereocenters. The summed E-state index contributed by atoms with van der Waals surface area (Å²) >= 11 is 0. The minimum Gasteiger partial charge on any atom is -0.497 e. The highest BCUT2D eigenvalue weighted by molar-refractivity contribution is 5.60. The molecular formula is C12H14FN5O. The Morgan fingerprint density at radius 3 is 2.74 bits per heavy atom. The normalized spacial score (nSPS) is 10.1. The maximum absolute atomic E-state index is 13.7. The van der Waals surface area contributed by atoms with Crippen molar-refractivity contribution in [3.63, 3.8) is 0 Å². The average Bonchev–Trinajstić information content (AvgIpc) is 2.40. The van der Waals surface area contributed by atoms with Crippen LogP contribution in [0.2, 0.25) is 0 Å². The van der Waals surface area contributed by atoms with E-state index in [4.69, 9.17) is 10.6 Å². The molecular weight excluding hydrogens is 249 g/mol. The monoisotopic (exact) mass is 263 g/mol. The minimum atomic E-state index is -0.403. The summed E-state index contributed by atoms with van der Waals surface area (Å²) in [6, 6.07) is 6.08. The molecule has 0 fully saturated rings. The molecule has 0 amide bonds. The number of nitrogens with two attached hydrogens (primary N) is 1. The van der Waals surface area contributed by atoms with Gasteiger partial charge in [-0.1, -0.05) is 0 Å². The highest BCUT2D eigenvalue weighted by Gasteiger charge is 2.07. The number of aryl methyl sites for hydroxylation is 1. The van der Waals surface area contributed by atoms with Crippen LogP contribution in [-0.4, -0.2) is 17.1 Å². The highest BCUT2D eigenvalue weighted by atomic mass is 19.1. The molecule has 7 heteroatoms. The zero-order valence-electron chi connectivity index (χ0n) is 10.6. The van der Waals surface area contributed by atoms with Gasteiger partial charge in [0.15, 0.2) is 0 Å². The largest absolute Gasteiger partial charge is 0.497 e. The molecule has 1 heterocycles. The van der Waals surface area contributed by atoms with Crippen LogP contribution in [0.15, 0.2) is 24.3 Å². The van der Waals surface area contributed by atoms with Crippen LogP contribution >= 0.6 is 0 Å². The fraction of sp³-hybridized carbons (Fsp3) is 0.167. The smallest absolute Gasteiger partial charge is 0.239 e. The van der Waals surface area contributed by atoms with Gasteiger partial charge in [0.1, 0.15) is 17.4 Å². The fourth-order valence-electron chi connectivity index (χ4n) is 1.56. The van der Waals surface area contributed by atoms with Crippen molar-refractivity contribution in [1.82, 2.24) is 9.97 Å². The molecule has 1 aromatic carbocycles. The lowest BCUT2D eigenvalue weighted by Gasteiger charge is -2.10. The van der Waals surface area contributed by atoms with Crippen molar-refractivity contribution in [2.24, 2.45) is 5.84 Å². The molecule has 19 heavy (non-hydrogen) atoms. The van der Waals surface area contributed by atoms with E-state index in [2.05, 4.69) is 20.7 Å². The summed E-state index contributed by atoms with van der Waals surface area (Å²) in [5.74, 6) is 6.10. The Bertz CT molecular complexity index is 590. The number of nitrogens with one attached hydrogen (secondary N) is 2. The third-order valence-electron chi connectivity index (χ3n) is 2.42. The lowest BCUT2D eigenvalue weighted by molar-refractivity contribution is 0.414. The number of methoxy groups -OCH3 is 1. The van der Waals surface area contributed by atoms with Gasteiger partial charge in [0.2, 0.25) is 5.95 Å². The van der Waals surface area contributed by atoms with Gasteiger partial charge in [0.05, 0.1) is 12.8 Å². The Morgan fingerprint density at radius 1 is 1.26 bits per heavy atom. The van der Waals surface area contributed by atoms with Gasteiger partial charge in [-0.25, -0.2) is 15.2 Å². The van der Waals surface area contributed by atoms with E-state index < -0.39 is 5.82 Å². The molecule has 6 nitrogen and oxygen atoms in total. The number of benzene rings is 1. The van der Waals surface area contributed by atoms with Crippen LogP contribution in [0.1, 0.15) is 5.69 Å². The van der Waals surface area contributed by atoms with Crippen LogP contribution in [0, 0.1) is 12.7 Å². The van der Waals surface area contributed by atoms with Crippen molar-refractivity contribution in [2.45, 2.75) is 6.92 Å². The predicted octanol–water partition coefficient (Wildman–Crippen LogP) is 1.96. The van der Waals surface area contributed by atoms with Crippen LogP contribution in [0.4, 0.5) is 21.8 Å². The highest BCUT2D eigenvalue weighted by Crippen LogP contribution is 2.24. The Kier molecular flexibility index (Phi) is 3.76. The van der Waals surface area contributed by atoms with Gasteiger partial charge in [-0.3, -0.25) is 5.43 Å². The molecule has 2 rings (SSSR count). The topological polar surface area (TPSA) is 85.1 Å². The van der Waals surface area contributed by atoms with Gasteiger partial charge in [-0.05, 0) is 19.1 Å². The first kappa shape index (κ1) is 13.0. The molecule has 0 unspecified atom stereocenters. The molecule has 0 spiro atoms. The first-order valence-corrected chi connectivity index (χ1v) is 5.55. The first-order valence-electron chi connectivity index (χ1n) is 5.55. The number of hydrazine groups is 1. The van der Waals surface area contributed by atoms with Crippen LogP contribution in [0.25, 0.3) is 0 Å². The van der Waals surface area contributed by atoms with E-state index in [-0.39, 0.29) is 11.6 Å². The first-order chi connectivity index (χ1) is 9.12. The van der Waals surface area contributed by atoms with E-state index in [1.807, 2.05) is 0 Å². The van der Waals surface area contributed by atoms with Crippen molar-refractivity contribution in [1.29, 1.82) is 0 Å². The summed E-state index contributed by atoms with van der Waals surface area (Å²) in [4.78, 5) is 8.12. The van der Waals surface area contributed by atoms with E-state index in [1.54, 1.807) is 25.1 Å². The lowest BCUT2D eigenvalue weighted by atomic mass is 10.3. The van der Waals surface area contributed by atoms with Gasteiger partial charge in [0.25, 0.3) is 0 Å². The number of halogens is 1. The van der Waals surface area contributed by atoms with Gasteiger partial charge >= 0.3 is 0 Å². The number of nitrogen functional groups attached to an aromatic ring is 1. The van der Waals surface area contributed by atoms with Crippen LogP contribution in [0.3, 0.4) is 0 Å². The summed E-state index contributed by atoms with van der Waals surface area (Å²) in [7, 11) is 1.52. The second-order valence-electron chi connectivity index (χ2n) is 3.83. The second-order valence-corrected chi connectivity index (χ2v) is 3.83. The van der Waals surface area contributed by atoms with E-state index >= 15 is 0 Å². The SMILES string of the molecule is COc1ccc(F)c(Nc2cc(C)nc(NN)n2)c1. The third-order valence-corrected chi connectivity index (χ3v) is 2.42. The summed E-state index contributed by atoms with van der Waals surface area (Å²) < 4.78 is 18.7. The summed E-state index contributed by atoms with van der Waals surface area (Å²) in [6.45, 7) is 1.79. The van der Waals surface area contributed by atoms with Gasteiger partial charge in [0, 0.05) is 17.8 Å². The molecule has 0 radical (unpaired) electrons. The third kappa shape index (κ3) is 3.08. The molecule has 4 N–H and O–H groups in total. The van der Waals surface area contributed by atoms with Gasteiger partial charge in [-0.2, -0.15) is 4.98 Å². The average molecular weight is 263 g/mol. The molecule has 0 aliphatic rings. The summed E-state index contributed by atoms with van der Waals surface area (Å²) in [5, 5.41) is 2.86. The van der Waals surface area contributed by atoms with E-state index in [9.17, 15) is 4.39 Å². The number of ether oxygens (including phenoxy) is 1. The molecule has 0 bridgehead atoms. The molecule has 0 aliphatic carbocycles. The van der Waals surface area contributed by atoms with Crippen molar-refractivity contribution < 1.29 is 9.13 Å². The van der Waals surface area contributed by atoms with Crippen LogP contribution in [0.5, 0.6) is 5.75 Å². The number of anilines is 3. The van der Waals surface area contributed by atoms with Gasteiger partial charge in [-0.15, -0.1) is 0 Å². The molecule has 0 saturated heterocycles. The Balaban J connectivity index is 2.32. The summed E-state index contributed by atoms with van der Waals surface area (Å²) in [5.41, 5.74) is 3.32. The van der Waals surface area contributed by atoms with Crippen molar-refractivity contribution in [2.75, 3.05) is 17.9 Å². The maximum atomic E-state index is 13.7. The van der Waals surface area contributed by atoms with Crippen molar-refractivity contribution in [3.05, 3.63) is 35.8 Å². The number of rotatable bonds is 4. The predicted molar refractivity (Wildman–Crippen MR) is 70.8 cm³/mol. The van der Waals surface area contributed by atoms with Crippen LogP contribution < -0.4 is 21.3 Å². The Labute approximate surface area is 109 Å². The van der Waals surface area contributed by atoms with E-state index in [1.165, 1.54) is 13.2 Å². The van der Waals surface area contributed by atoms with Crippen molar-refractivity contribution >= 4 is 17.5 Å². The summed E-state index contributed by atoms with van der Waals surface area (Å²) in [6.07, 6.45) is 0. The van der Waals surface area contributed by atoms with Crippen molar-refractivity contribution in [3.8, 4) is 5.75 Å². The molecule has 1 aromatic heterocycles. The maximum Gasteiger partial charge on any atom is 0.239 e. The molecule has 100 valence electrons. The zero-order chi connectivity index (χ0) is 13.8.